The number of nitrogens with zero attached hydrogens (tertiary/aromatic N) is 4. The van der Waals surface area contributed by atoms with E-state index in [4.69, 9.17) is 4.98 Å². The van der Waals surface area contributed by atoms with Gasteiger partial charge in [0.1, 0.15) is 4.83 Å². The Morgan fingerprint density at radius 3 is 2.74 bits per heavy atom. The molecule has 0 saturated heterocycles. The number of aromatic nitrogens is 3. The number of carbonyl (C=O) groups is 1. The van der Waals surface area contributed by atoms with Crippen LogP contribution in [0.15, 0.2) is 52.5 Å². The highest BCUT2D eigenvalue weighted by molar-refractivity contribution is 7.99. The van der Waals surface area contributed by atoms with Crippen LogP contribution in [0.1, 0.15) is 21.7 Å². The van der Waals surface area contributed by atoms with Crippen molar-refractivity contribution in [2.45, 2.75) is 32.5 Å². The molecule has 0 atom stereocenters. The summed E-state index contributed by atoms with van der Waals surface area (Å²) in [4.78, 5) is 47.3. The molecule has 1 amide bonds. The van der Waals surface area contributed by atoms with E-state index in [0.717, 1.165) is 22.2 Å². The number of pyridine rings is 1. The zero-order valence-electron chi connectivity index (χ0n) is 18.7. The third-order valence-electron chi connectivity index (χ3n) is 5.34. The standard InChI is InChI=1S/C23H21N5O4S2/c1-13-7-8-17(28(31)32)10-18(13)25-19(29)12-33-23-26-21-20(14(2)15(3)34-21)22(30)27(23)11-16-6-4-5-9-24-16/h4-10H,11-12H2,1-3H3,(H,25,29). The summed E-state index contributed by atoms with van der Waals surface area (Å²) in [5, 5.41) is 14.8. The molecule has 0 aliphatic heterocycles. The minimum atomic E-state index is -0.510. The molecule has 0 fully saturated rings. The van der Waals surface area contributed by atoms with E-state index in [9.17, 15) is 19.7 Å². The summed E-state index contributed by atoms with van der Waals surface area (Å²) in [6, 6.07) is 9.78. The summed E-state index contributed by atoms with van der Waals surface area (Å²) >= 11 is 2.59. The second-order valence-corrected chi connectivity index (χ2v) is 9.81. The van der Waals surface area contributed by atoms with E-state index >= 15 is 0 Å². The van der Waals surface area contributed by atoms with Gasteiger partial charge in [-0.1, -0.05) is 23.9 Å². The number of thioether (sulfide) groups is 1. The van der Waals surface area contributed by atoms with Crippen LogP contribution in [0.2, 0.25) is 0 Å². The number of nitro groups is 1. The predicted octanol–water partition coefficient (Wildman–Crippen LogP) is 4.47. The summed E-state index contributed by atoms with van der Waals surface area (Å²) in [6.07, 6.45) is 1.66. The van der Waals surface area contributed by atoms with Crippen LogP contribution in [0.3, 0.4) is 0 Å². The number of benzene rings is 1. The zero-order valence-corrected chi connectivity index (χ0v) is 20.3. The van der Waals surface area contributed by atoms with Gasteiger partial charge in [-0.25, -0.2) is 4.98 Å². The Balaban J connectivity index is 1.63. The maximum absolute atomic E-state index is 13.4. The van der Waals surface area contributed by atoms with Crippen LogP contribution < -0.4 is 10.9 Å². The van der Waals surface area contributed by atoms with Crippen LogP contribution in [-0.4, -0.2) is 31.1 Å². The number of carbonyl (C=O) groups excluding carboxylic acids is 1. The third kappa shape index (κ3) is 4.85. The summed E-state index contributed by atoms with van der Waals surface area (Å²) < 4.78 is 1.54. The maximum Gasteiger partial charge on any atom is 0.271 e. The number of non-ortho nitro benzene ring substituents is 1. The Kier molecular flexibility index (Phi) is 6.75. The van der Waals surface area contributed by atoms with Crippen molar-refractivity contribution < 1.29 is 9.72 Å². The van der Waals surface area contributed by atoms with Gasteiger partial charge in [0.05, 0.1) is 34.0 Å². The fourth-order valence-corrected chi connectivity index (χ4v) is 5.26. The van der Waals surface area contributed by atoms with Crippen molar-refractivity contribution in [2.75, 3.05) is 11.1 Å². The third-order valence-corrected chi connectivity index (χ3v) is 7.42. The second kappa shape index (κ2) is 9.74. The molecule has 0 unspecified atom stereocenters. The van der Waals surface area contributed by atoms with Crippen LogP contribution in [0.4, 0.5) is 11.4 Å². The number of hydrogen-bond acceptors (Lipinski definition) is 8. The van der Waals surface area contributed by atoms with Gasteiger partial charge in [0.25, 0.3) is 11.2 Å². The number of rotatable bonds is 7. The van der Waals surface area contributed by atoms with E-state index in [2.05, 4.69) is 10.3 Å². The second-order valence-electron chi connectivity index (χ2n) is 7.66. The van der Waals surface area contributed by atoms with Crippen LogP contribution in [0.25, 0.3) is 10.2 Å². The smallest absolute Gasteiger partial charge is 0.271 e. The van der Waals surface area contributed by atoms with E-state index in [1.165, 1.54) is 23.5 Å². The molecule has 3 aromatic heterocycles. The molecule has 34 heavy (non-hydrogen) atoms. The van der Waals surface area contributed by atoms with Gasteiger partial charge in [-0.15, -0.1) is 11.3 Å². The molecule has 4 rings (SSSR count). The van der Waals surface area contributed by atoms with Gasteiger partial charge < -0.3 is 5.32 Å². The van der Waals surface area contributed by atoms with Crippen molar-refractivity contribution in [2.24, 2.45) is 0 Å². The fraction of sp³-hybridized carbons (Fsp3) is 0.217. The molecule has 1 aromatic carbocycles. The van der Waals surface area contributed by atoms with Crippen molar-refractivity contribution in [1.29, 1.82) is 0 Å². The van der Waals surface area contributed by atoms with Gasteiger partial charge in [0.2, 0.25) is 5.91 Å². The molecule has 0 saturated carbocycles. The highest BCUT2D eigenvalue weighted by Crippen LogP contribution is 2.29. The van der Waals surface area contributed by atoms with Crippen LogP contribution in [0.5, 0.6) is 0 Å². The number of amides is 1. The van der Waals surface area contributed by atoms with Gasteiger partial charge in [-0.3, -0.25) is 29.3 Å². The average molecular weight is 496 g/mol. The van der Waals surface area contributed by atoms with Crippen molar-refractivity contribution >= 4 is 50.6 Å². The number of hydrogen-bond donors (Lipinski definition) is 1. The van der Waals surface area contributed by atoms with E-state index in [0.29, 0.717) is 32.3 Å². The topological polar surface area (TPSA) is 120 Å². The van der Waals surface area contributed by atoms with E-state index < -0.39 is 4.92 Å². The highest BCUT2D eigenvalue weighted by atomic mass is 32.2. The maximum atomic E-state index is 13.4. The fourth-order valence-electron chi connectivity index (χ4n) is 3.39. The average Bonchev–Trinajstić information content (AvgIpc) is 3.10. The molecule has 1 N–H and O–H groups in total. The molecule has 0 spiro atoms. The lowest BCUT2D eigenvalue weighted by Crippen LogP contribution is -2.25. The molecule has 0 radical (unpaired) electrons. The van der Waals surface area contributed by atoms with Gasteiger partial charge in [0, 0.05) is 23.2 Å². The molecule has 0 bridgehead atoms. The first-order valence-electron chi connectivity index (χ1n) is 10.3. The summed E-state index contributed by atoms with van der Waals surface area (Å²) in [7, 11) is 0. The normalized spacial score (nSPS) is 11.0. The number of aryl methyl sites for hydroxylation is 3. The number of anilines is 1. The molecule has 3 heterocycles. The molecule has 174 valence electrons. The van der Waals surface area contributed by atoms with E-state index in [1.807, 2.05) is 26.0 Å². The highest BCUT2D eigenvalue weighted by Gasteiger charge is 2.19. The Morgan fingerprint density at radius 2 is 2.03 bits per heavy atom. The van der Waals surface area contributed by atoms with Crippen molar-refractivity contribution in [3.63, 3.8) is 0 Å². The van der Waals surface area contributed by atoms with Gasteiger partial charge >= 0.3 is 0 Å². The van der Waals surface area contributed by atoms with Crippen molar-refractivity contribution in [3.05, 3.63) is 84.8 Å². The van der Waals surface area contributed by atoms with Gasteiger partial charge in [0.15, 0.2) is 5.16 Å². The number of nitrogens with one attached hydrogen (secondary N) is 1. The first kappa shape index (κ1) is 23.6. The molecular formula is C23H21N5O4S2. The van der Waals surface area contributed by atoms with Gasteiger partial charge in [-0.2, -0.15) is 0 Å². The lowest BCUT2D eigenvalue weighted by atomic mass is 10.2. The molecule has 0 aliphatic carbocycles. The van der Waals surface area contributed by atoms with E-state index in [-0.39, 0.29) is 29.5 Å². The van der Waals surface area contributed by atoms with Crippen molar-refractivity contribution in [3.8, 4) is 0 Å². The largest absolute Gasteiger partial charge is 0.325 e. The summed E-state index contributed by atoms with van der Waals surface area (Å²) in [5.74, 6) is -0.378. The monoisotopic (exact) mass is 495 g/mol. The lowest BCUT2D eigenvalue weighted by Gasteiger charge is -2.12. The zero-order chi connectivity index (χ0) is 24.4. The number of thiophene rings is 1. The predicted molar refractivity (Wildman–Crippen MR) is 134 cm³/mol. The lowest BCUT2D eigenvalue weighted by molar-refractivity contribution is -0.384. The first-order valence-corrected chi connectivity index (χ1v) is 12.1. The number of nitro benzene ring substituents is 1. The van der Waals surface area contributed by atoms with Crippen LogP contribution in [-0.2, 0) is 11.3 Å². The first-order chi connectivity index (χ1) is 16.2. The number of fused-ring (bicyclic) bond motifs is 1. The Bertz CT molecular complexity index is 1460. The Morgan fingerprint density at radius 1 is 1.24 bits per heavy atom. The quantitative estimate of drug-likeness (QED) is 0.174. The minimum Gasteiger partial charge on any atom is -0.325 e. The van der Waals surface area contributed by atoms with Gasteiger partial charge in [-0.05, 0) is 44.0 Å². The van der Waals surface area contributed by atoms with Crippen molar-refractivity contribution in [1.82, 2.24) is 14.5 Å². The van der Waals surface area contributed by atoms with Crippen LogP contribution >= 0.6 is 23.1 Å². The molecule has 4 aromatic rings. The molecule has 0 aliphatic rings. The minimum absolute atomic E-state index is 0.0222. The molecular weight excluding hydrogens is 474 g/mol. The Hall–Kier alpha value is -3.57. The summed E-state index contributed by atoms with van der Waals surface area (Å²) in [6.45, 7) is 5.84. The van der Waals surface area contributed by atoms with Crippen LogP contribution in [0, 0.1) is 30.9 Å². The van der Waals surface area contributed by atoms with E-state index in [1.54, 1.807) is 29.8 Å². The summed E-state index contributed by atoms with van der Waals surface area (Å²) in [5.41, 5.74) is 2.42. The Labute approximate surface area is 203 Å². The molecule has 9 nitrogen and oxygen atoms in total. The SMILES string of the molecule is Cc1ccc([N+](=O)[O-])cc1NC(=O)CSc1nc2sc(C)c(C)c2c(=O)n1Cc1ccccn1. The molecule has 11 heteroatoms.